The first kappa shape index (κ1) is 14.1. The second-order valence-electron chi connectivity index (χ2n) is 5.05. The van der Waals surface area contributed by atoms with E-state index in [-0.39, 0.29) is 10.1 Å². The fourth-order valence-electron chi connectivity index (χ4n) is 2.53. The number of benzene rings is 1. The summed E-state index contributed by atoms with van der Waals surface area (Å²) in [5, 5.41) is 10.5. The number of carbonyl (C=O) groups excluding carboxylic acids is 2. The summed E-state index contributed by atoms with van der Waals surface area (Å²) in [5.41, 5.74) is 2.88. The molecule has 21 heavy (non-hydrogen) atoms. The lowest BCUT2D eigenvalue weighted by Crippen LogP contribution is -2.42. The van der Waals surface area contributed by atoms with Gasteiger partial charge in [-0.2, -0.15) is 0 Å². The standard InChI is InChI=1S/C14H12BBrN2O3/c1-7-3-4-10-8(5-7)9(6-17-10)11-12(16)14(20)18(13(11)19)15(2)21/h3-6,17,21H,1-2H3. The van der Waals surface area contributed by atoms with Crippen molar-refractivity contribution in [2.45, 2.75) is 13.7 Å². The summed E-state index contributed by atoms with van der Waals surface area (Å²) in [7, 11) is -1.16. The fraction of sp³-hybridized carbons (Fsp3) is 0.143. The molecule has 2 amide bonds. The molecule has 0 bridgehead atoms. The molecule has 1 aliphatic heterocycles. The van der Waals surface area contributed by atoms with Gasteiger partial charge in [-0.25, -0.2) is 0 Å². The predicted octanol–water partition coefficient (Wildman–Crippen LogP) is 2.06. The molecule has 0 spiro atoms. The normalized spacial score (nSPS) is 15.5. The van der Waals surface area contributed by atoms with Crippen LogP contribution in [0.1, 0.15) is 11.1 Å². The van der Waals surface area contributed by atoms with E-state index < -0.39 is 18.9 Å². The molecule has 0 saturated heterocycles. The van der Waals surface area contributed by atoms with Crippen LogP contribution in [-0.2, 0) is 9.59 Å². The number of amides is 2. The third-order valence-electron chi connectivity index (χ3n) is 3.54. The van der Waals surface area contributed by atoms with Crippen molar-refractivity contribution in [2.75, 3.05) is 0 Å². The molecular formula is C14H12BBrN2O3. The van der Waals surface area contributed by atoms with Crippen LogP contribution in [0.15, 0.2) is 28.9 Å². The Morgan fingerprint density at radius 2 is 2.00 bits per heavy atom. The second kappa shape index (κ2) is 4.86. The molecular weight excluding hydrogens is 335 g/mol. The molecule has 1 aliphatic rings. The third-order valence-corrected chi connectivity index (χ3v) is 4.27. The number of fused-ring (bicyclic) bond motifs is 1. The molecule has 2 aromatic rings. The number of aryl methyl sites for hydroxylation is 1. The summed E-state index contributed by atoms with van der Waals surface area (Å²) in [5.74, 6) is -1.02. The van der Waals surface area contributed by atoms with Crippen molar-refractivity contribution in [3.63, 3.8) is 0 Å². The van der Waals surface area contributed by atoms with Gasteiger partial charge in [0.05, 0.1) is 10.1 Å². The van der Waals surface area contributed by atoms with Crippen LogP contribution in [0.2, 0.25) is 6.82 Å². The highest BCUT2D eigenvalue weighted by atomic mass is 79.9. The number of nitrogens with one attached hydrogen (secondary N) is 1. The number of H-pyrrole nitrogens is 1. The van der Waals surface area contributed by atoms with Gasteiger partial charge in [-0.05, 0) is 41.8 Å². The zero-order valence-corrected chi connectivity index (χ0v) is 13.1. The van der Waals surface area contributed by atoms with E-state index in [1.54, 1.807) is 6.20 Å². The highest BCUT2D eigenvalue weighted by Gasteiger charge is 2.42. The zero-order valence-electron chi connectivity index (χ0n) is 11.5. The Kier molecular flexibility index (Phi) is 3.26. The number of hydrogen-bond acceptors (Lipinski definition) is 3. The van der Waals surface area contributed by atoms with E-state index in [0.717, 1.165) is 21.3 Å². The van der Waals surface area contributed by atoms with Crippen LogP contribution in [0.5, 0.6) is 0 Å². The van der Waals surface area contributed by atoms with Crippen molar-refractivity contribution >= 4 is 51.3 Å². The molecule has 0 saturated carbocycles. The Morgan fingerprint density at radius 1 is 1.29 bits per heavy atom. The number of aromatic amines is 1. The van der Waals surface area contributed by atoms with Crippen LogP contribution in [-0.4, -0.2) is 33.7 Å². The molecule has 0 aliphatic carbocycles. The molecule has 7 heteroatoms. The van der Waals surface area contributed by atoms with Crippen molar-refractivity contribution < 1.29 is 14.6 Å². The van der Waals surface area contributed by atoms with Crippen molar-refractivity contribution in [3.05, 3.63) is 40.0 Å². The van der Waals surface area contributed by atoms with E-state index in [1.165, 1.54) is 6.82 Å². The van der Waals surface area contributed by atoms with Gasteiger partial charge >= 0.3 is 7.05 Å². The number of aromatic nitrogens is 1. The molecule has 2 heterocycles. The number of halogens is 1. The van der Waals surface area contributed by atoms with E-state index in [9.17, 15) is 14.6 Å². The minimum atomic E-state index is -1.16. The predicted molar refractivity (Wildman–Crippen MR) is 84.6 cm³/mol. The van der Waals surface area contributed by atoms with E-state index in [1.807, 2.05) is 25.1 Å². The van der Waals surface area contributed by atoms with Gasteiger partial charge in [0.1, 0.15) is 0 Å². The van der Waals surface area contributed by atoms with Gasteiger partial charge in [-0.1, -0.05) is 11.6 Å². The van der Waals surface area contributed by atoms with Crippen molar-refractivity contribution in [2.24, 2.45) is 0 Å². The lowest BCUT2D eigenvalue weighted by Gasteiger charge is -2.14. The lowest BCUT2D eigenvalue weighted by molar-refractivity contribution is -0.131. The molecule has 0 fully saturated rings. The summed E-state index contributed by atoms with van der Waals surface area (Å²) in [6.45, 7) is 3.35. The summed E-state index contributed by atoms with van der Waals surface area (Å²) in [6.07, 6.45) is 1.71. The zero-order chi connectivity index (χ0) is 15.3. The maximum absolute atomic E-state index is 12.4. The van der Waals surface area contributed by atoms with Crippen LogP contribution in [0.25, 0.3) is 16.5 Å². The third kappa shape index (κ3) is 2.04. The smallest absolute Gasteiger partial charge is 0.419 e. The van der Waals surface area contributed by atoms with E-state index in [4.69, 9.17) is 0 Å². The Hall–Kier alpha value is -1.86. The maximum Gasteiger partial charge on any atom is 0.419 e. The Bertz CT molecular complexity index is 810. The number of hydrogen-bond donors (Lipinski definition) is 2. The Balaban J connectivity index is 2.21. The summed E-state index contributed by atoms with van der Waals surface area (Å²) in [4.78, 5) is 28.5. The average Bonchev–Trinajstić information content (AvgIpc) is 2.90. The first-order valence-corrected chi connectivity index (χ1v) is 7.25. The van der Waals surface area contributed by atoms with Gasteiger partial charge in [0.2, 0.25) is 0 Å². The van der Waals surface area contributed by atoms with Gasteiger partial charge in [-0.15, -0.1) is 0 Å². The van der Waals surface area contributed by atoms with Crippen molar-refractivity contribution in [1.29, 1.82) is 0 Å². The molecule has 0 unspecified atom stereocenters. The van der Waals surface area contributed by atoms with E-state index in [0.29, 0.717) is 5.56 Å². The fourth-order valence-corrected chi connectivity index (χ4v) is 3.11. The monoisotopic (exact) mass is 346 g/mol. The van der Waals surface area contributed by atoms with Crippen LogP contribution in [0.3, 0.4) is 0 Å². The lowest BCUT2D eigenvalue weighted by atomic mass is 9.85. The number of imide groups is 1. The number of rotatable bonds is 2. The molecule has 106 valence electrons. The first-order chi connectivity index (χ1) is 9.91. The van der Waals surface area contributed by atoms with Crippen molar-refractivity contribution in [3.8, 4) is 0 Å². The number of carbonyl (C=O) groups is 2. The molecule has 1 aromatic carbocycles. The summed E-state index contributed by atoms with van der Waals surface area (Å²) in [6, 6.07) is 5.85. The minimum Gasteiger partial charge on any atom is -0.432 e. The summed E-state index contributed by atoms with van der Waals surface area (Å²) < 4.78 is 0.177. The summed E-state index contributed by atoms with van der Waals surface area (Å²) >= 11 is 3.19. The highest BCUT2D eigenvalue weighted by Crippen LogP contribution is 2.36. The van der Waals surface area contributed by atoms with Crippen LogP contribution < -0.4 is 0 Å². The molecule has 1 aromatic heterocycles. The van der Waals surface area contributed by atoms with Crippen molar-refractivity contribution in [1.82, 2.24) is 9.79 Å². The molecule has 0 atom stereocenters. The van der Waals surface area contributed by atoms with Crippen LogP contribution in [0.4, 0.5) is 0 Å². The van der Waals surface area contributed by atoms with Gasteiger partial charge in [-0.3, -0.25) is 14.4 Å². The first-order valence-electron chi connectivity index (χ1n) is 6.45. The quantitative estimate of drug-likeness (QED) is 0.645. The van der Waals surface area contributed by atoms with Gasteiger partial charge in [0, 0.05) is 22.7 Å². The molecule has 2 N–H and O–H groups in total. The topological polar surface area (TPSA) is 73.4 Å². The maximum atomic E-state index is 12.4. The van der Waals surface area contributed by atoms with Gasteiger partial charge < -0.3 is 10.0 Å². The Labute approximate surface area is 129 Å². The van der Waals surface area contributed by atoms with E-state index in [2.05, 4.69) is 20.9 Å². The van der Waals surface area contributed by atoms with Gasteiger partial charge in [0.25, 0.3) is 11.8 Å². The number of nitrogens with zero attached hydrogens (tertiary/aromatic N) is 1. The molecule has 3 rings (SSSR count). The molecule has 0 radical (unpaired) electrons. The largest absolute Gasteiger partial charge is 0.432 e. The molecule has 5 nitrogen and oxygen atoms in total. The average molecular weight is 347 g/mol. The minimum absolute atomic E-state index is 0.177. The van der Waals surface area contributed by atoms with E-state index >= 15 is 0 Å². The van der Waals surface area contributed by atoms with Crippen LogP contribution in [0, 0.1) is 6.92 Å². The van der Waals surface area contributed by atoms with Crippen LogP contribution >= 0.6 is 15.9 Å². The Morgan fingerprint density at radius 3 is 2.62 bits per heavy atom. The highest BCUT2D eigenvalue weighted by molar-refractivity contribution is 9.12. The second-order valence-corrected chi connectivity index (χ2v) is 5.85. The van der Waals surface area contributed by atoms with Gasteiger partial charge in [0.15, 0.2) is 0 Å². The SMILES string of the molecule is CB(O)N1C(=O)C(Br)=C(c2c[nH]c3ccc(C)cc23)C1=O.